The molecule has 0 unspecified atom stereocenters. The van der Waals surface area contributed by atoms with Crippen LogP contribution in [0, 0.1) is 5.82 Å². The van der Waals surface area contributed by atoms with E-state index in [0.29, 0.717) is 34.7 Å². The van der Waals surface area contributed by atoms with Crippen molar-refractivity contribution < 1.29 is 18.6 Å². The molecule has 0 fully saturated rings. The van der Waals surface area contributed by atoms with Gasteiger partial charge in [0.25, 0.3) is 0 Å². The Morgan fingerprint density at radius 2 is 1.94 bits per heavy atom. The molecule has 5 rings (SSSR count). The largest absolute Gasteiger partial charge is 0.497 e. The summed E-state index contributed by atoms with van der Waals surface area (Å²) in [6.07, 6.45) is 0. The summed E-state index contributed by atoms with van der Waals surface area (Å²) in [5, 5.41) is 9.61. The van der Waals surface area contributed by atoms with Crippen molar-refractivity contribution in [3.8, 4) is 28.6 Å². The molecule has 162 valence electrons. The fraction of sp³-hybridized carbons (Fsp3) is 0.167. The van der Waals surface area contributed by atoms with Gasteiger partial charge in [0.15, 0.2) is 17.8 Å². The van der Waals surface area contributed by atoms with Crippen LogP contribution in [-0.4, -0.2) is 28.7 Å². The number of thioether (sulfide) groups is 1. The van der Waals surface area contributed by atoms with Gasteiger partial charge in [0.1, 0.15) is 17.3 Å². The van der Waals surface area contributed by atoms with Crippen molar-refractivity contribution in [1.82, 2.24) is 14.8 Å². The summed E-state index contributed by atoms with van der Waals surface area (Å²) in [5.41, 5.74) is 3.30. The molecule has 1 aliphatic heterocycles. The van der Waals surface area contributed by atoms with Gasteiger partial charge in [-0.05, 0) is 36.4 Å². The Balaban J connectivity index is 1.53. The maximum atomic E-state index is 14.2. The first kappa shape index (κ1) is 20.5. The second kappa shape index (κ2) is 9.02. The zero-order valence-electron chi connectivity index (χ0n) is 17.3. The quantitative estimate of drug-likeness (QED) is 0.375. The lowest BCUT2D eigenvalue weighted by Crippen LogP contribution is -2.13. The van der Waals surface area contributed by atoms with E-state index in [1.807, 2.05) is 59.2 Å². The number of nitrogens with zero attached hydrogens (tertiary/aromatic N) is 3. The molecule has 32 heavy (non-hydrogen) atoms. The van der Waals surface area contributed by atoms with Crippen LogP contribution in [0.3, 0.4) is 0 Å². The Morgan fingerprint density at radius 1 is 1.06 bits per heavy atom. The Labute approximate surface area is 189 Å². The summed E-state index contributed by atoms with van der Waals surface area (Å²) in [6.45, 7) is 0.501. The van der Waals surface area contributed by atoms with E-state index in [2.05, 4.69) is 10.2 Å². The molecule has 3 aromatic carbocycles. The Bertz CT molecular complexity index is 1250. The molecule has 4 aromatic rings. The predicted molar refractivity (Wildman–Crippen MR) is 120 cm³/mol. The SMILES string of the molecule is COc1cccc(-c2nnc(SCc3cc(F)cc4c3OCOC4)n2-c2ccccc2)c1. The van der Waals surface area contributed by atoms with Gasteiger partial charge < -0.3 is 14.2 Å². The van der Waals surface area contributed by atoms with E-state index in [1.165, 1.54) is 23.9 Å². The minimum atomic E-state index is -0.310. The molecule has 1 aromatic heterocycles. The lowest BCUT2D eigenvalue weighted by atomic mass is 10.1. The summed E-state index contributed by atoms with van der Waals surface area (Å²) in [4.78, 5) is 0. The molecule has 8 heteroatoms. The standard InChI is InChI=1S/C24H20FN3O3S/c1-29-21-9-5-6-16(12-21)23-26-27-24(28(23)20-7-3-2-4-8-20)32-14-18-11-19(25)10-17-13-30-15-31-22(17)18/h2-12H,13-15H2,1H3. The zero-order chi connectivity index (χ0) is 21.9. The van der Waals surface area contributed by atoms with Crippen molar-refractivity contribution in [2.75, 3.05) is 13.9 Å². The first-order chi connectivity index (χ1) is 15.7. The van der Waals surface area contributed by atoms with Gasteiger partial charge >= 0.3 is 0 Å². The van der Waals surface area contributed by atoms with Crippen molar-refractivity contribution in [3.63, 3.8) is 0 Å². The first-order valence-electron chi connectivity index (χ1n) is 10.0. The number of aromatic nitrogens is 3. The summed E-state index contributed by atoms with van der Waals surface area (Å²) < 4.78 is 32.5. The minimum Gasteiger partial charge on any atom is -0.497 e. The lowest BCUT2D eigenvalue weighted by molar-refractivity contribution is -0.0171. The van der Waals surface area contributed by atoms with Crippen LogP contribution >= 0.6 is 11.8 Å². The predicted octanol–water partition coefficient (Wildman–Crippen LogP) is 5.24. The van der Waals surface area contributed by atoms with Crippen LogP contribution in [0.1, 0.15) is 11.1 Å². The van der Waals surface area contributed by atoms with Crippen LogP contribution in [0.2, 0.25) is 0 Å². The van der Waals surface area contributed by atoms with Crippen LogP contribution < -0.4 is 9.47 Å². The molecule has 0 radical (unpaired) electrons. The topological polar surface area (TPSA) is 58.4 Å². The van der Waals surface area contributed by atoms with Crippen molar-refractivity contribution in [1.29, 1.82) is 0 Å². The highest BCUT2D eigenvalue weighted by Gasteiger charge is 2.20. The van der Waals surface area contributed by atoms with Gasteiger partial charge in [-0.1, -0.05) is 42.1 Å². The Kier molecular flexibility index (Phi) is 5.79. The summed E-state index contributed by atoms with van der Waals surface area (Å²) in [7, 11) is 1.63. The fourth-order valence-corrected chi connectivity index (χ4v) is 4.55. The average Bonchev–Trinajstić information content (AvgIpc) is 3.27. The molecule has 0 saturated carbocycles. The second-order valence-corrected chi connectivity index (χ2v) is 8.10. The fourth-order valence-electron chi connectivity index (χ4n) is 3.63. The molecular weight excluding hydrogens is 429 g/mol. The maximum Gasteiger partial charge on any atom is 0.196 e. The van der Waals surface area contributed by atoms with Crippen molar-refractivity contribution in [2.24, 2.45) is 0 Å². The number of methoxy groups -OCH3 is 1. The van der Waals surface area contributed by atoms with E-state index in [9.17, 15) is 4.39 Å². The molecule has 0 N–H and O–H groups in total. The molecule has 0 amide bonds. The molecule has 0 aliphatic carbocycles. The van der Waals surface area contributed by atoms with E-state index in [4.69, 9.17) is 14.2 Å². The van der Waals surface area contributed by atoms with E-state index >= 15 is 0 Å². The number of para-hydroxylation sites is 1. The molecule has 0 bridgehead atoms. The third-order valence-electron chi connectivity index (χ3n) is 5.08. The van der Waals surface area contributed by atoms with Gasteiger partial charge in [0.05, 0.1) is 13.7 Å². The molecule has 0 spiro atoms. The molecule has 0 saturated heterocycles. The van der Waals surface area contributed by atoms with Crippen molar-refractivity contribution >= 4 is 11.8 Å². The summed E-state index contributed by atoms with van der Waals surface area (Å²) in [6, 6.07) is 20.6. The van der Waals surface area contributed by atoms with Gasteiger partial charge in [0, 0.05) is 28.1 Å². The normalized spacial score (nSPS) is 12.8. The van der Waals surface area contributed by atoms with E-state index < -0.39 is 0 Å². The van der Waals surface area contributed by atoms with Crippen LogP contribution in [0.25, 0.3) is 17.1 Å². The number of hydrogen-bond donors (Lipinski definition) is 0. The highest BCUT2D eigenvalue weighted by atomic mass is 32.2. The molecule has 2 heterocycles. The number of halogens is 1. The highest BCUT2D eigenvalue weighted by molar-refractivity contribution is 7.98. The van der Waals surface area contributed by atoms with Gasteiger partial charge in [-0.15, -0.1) is 10.2 Å². The Morgan fingerprint density at radius 3 is 2.78 bits per heavy atom. The number of ether oxygens (including phenoxy) is 3. The lowest BCUT2D eigenvalue weighted by Gasteiger charge is -2.20. The monoisotopic (exact) mass is 449 g/mol. The van der Waals surface area contributed by atoms with Crippen LogP contribution in [0.4, 0.5) is 4.39 Å². The van der Waals surface area contributed by atoms with Crippen molar-refractivity contribution in [3.05, 3.63) is 83.7 Å². The summed E-state index contributed by atoms with van der Waals surface area (Å²) >= 11 is 1.47. The van der Waals surface area contributed by atoms with E-state index in [-0.39, 0.29) is 12.6 Å². The van der Waals surface area contributed by atoms with E-state index in [1.54, 1.807) is 7.11 Å². The van der Waals surface area contributed by atoms with Crippen LogP contribution in [0.5, 0.6) is 11.5 Å². The third kappa shape index (κ3) is 4.06. The Hall–Kier alpha value is -3.36. The molecular formula is C24H20FN3O3S. The average molecular weight is 450 g/mol. The van der Waals surface area contributed by atoms with E-state index in [0.717, 1.165) is 22.6 Å². The number of benzene rings is 3. The molecule has 1 aliphatic rings. The maximum absolute atomic E-state index is 14.2. The number of hydrogen-bond acceptors (Lipinski definition) is 6. The van der Waals surface area contributed by atoms with Crippen molar-refractivity contribution in [2.45, 2.75) is 17.5 Å². The highest BCUT2D eigenvalue weighted by Crippen LogP contribution is 2.35. The number of fused-ring (bicyclic) bond motifs is 1. The van der Waals surface area contributed by atoms with Crippen LogP contribution in [0.15, 0.2) is 71.9 Å². The van der Waals surface area contributed by atoms with Gasteiger partial charge in [0.2, 0.25) is 0 Å². The van der Waals surface area contributed by atoms with Crippen LogP contribution in [-0.2, 0) is 17.1 Å². The molecule has 0 atom stereocenters. The van der Waals surface area contributed by atoms with Gasteiger partial charge in [-0.2, -0.15) is 0 Å². The first-order valence-corrected chi connectivity index (χ1v) is 11.0. The summed E-state index contributed by atoms with van der Waals surface area (Å²) in [5.74, 6) is 2.29. The second-order valence-electron chi connectivity index (χ2n) is 7.16. The van der Waals surface area contributed by atoms with Gasteiger partial charge in [-0.3, -0.25) is 4.57 Å². The third-order valence-corrected chi connectivity index (χ3v) is 6.06. The smallest absolute Gasteiger partial charge is 0.196 e. The molecule has 6 nitrogen and oxygen atoms in total. The van der Waals surface area contributed by atoms with Gasteiger partial charge in [-0.25, -0.2) is 4.39 Å². The minimum absolute atomic E-state index is 0.163. The zero-order valence-corrected chi connectivity index (χ0v) is 18.1. The number of rotatable bonds is 6.